The lowest BCUT2D eigenvalue weighted by Crippen LogP contribution is -2.25. The van der Waals surface area contributed by atoms with Crippen LogP contribution in [0.15, 0.2) is 48.5 Å². The topological polar surface area (TPSA) is 118 Å². The number of carboxylic acids is 1. The van der Waals surface area contributed by atoms with E-state index in [9.17, 15) is 19.8 Å². The highest BCUT2D eigenvalue weighted by Gasteiger charge is 2.30. The zero-order valence-corrected chi connectivity index (χ0v) is 18.6. The molecule has 0 bridgehead atoms. The van der Waals surface area contributed by atoms with Gasteiger partial charge in [-0.15, -0.1) is 0 Å². The maximum atomic E-state index is 12.3. The molecule has 1 heterocycles. The molecular weight excluding hydrogens is 406 g/mol. The fraction of sp³-hybridized carbons (Fsp3) is 0.320. The number of carbonyl (C=O) groups excluding carboxylic acids is 1. The van der Waals surface area contributed by atoms with Gasteiger partial charge in [0.25, 0.3) is 5.91 Å². The van der Waals surface area contributed by atoms with Crippen LogP contribution in [0.1, 0.15) is 71.5 Å². The van der Waals surface area contributed by atoms with E-state index in [-0.39, 0.29) is 17.0 Å². The number of nitrogens with two attached hydrogens (primary N) is 1. The van der Waals surface area contributed by atoms with Crippen LogP contribution in [-0.4, -0.2) is 31.6 Å². The summed E-state index contributed by atoms with van der Waals surface area (Å²) in [5.74, 6) is -0.906. The molecule has 2 aromatic carbocycles. The van der Waals surface area contributed by atoms with Crippen LogP contribution >= 0.6 is 0 Å². The Labute approximate surface area is 187 Å². The van der Waals surface area contributed by atoms with Gasteiger partial charge in [0.05, 0.1) is 5.56 Å². The fourth-order valence-electron chi connectivity index (χ4n) is 3.77. The van der Waals surface area contributed by atoms with E-state index in [1.165, 1.54) is 0 Å². The molecule has 0 aliphatic carbocycles. The summed E-state index contributed by atoms with van der Waals surface area (Å²) in [6, 6.07) is 14.4. The molecule has 0 atom stereocenters. The normalized spacial score (nSPS) is 11.5. The molecule has 1 amide bonds. The largest absolute Gasteiger partial charge is 0.478 e. The van der Waals surface area contributed by atoms with Crippen LogP contribution in [0.25, 0.3) is 11.1 Å². The summed E-state index contributed by atoms with van der Waals surface area (Å²) < 4.78 is 1.78. The summed E-state index contributed by atoms with van der Waals surface area (Å²) in [6.07, 6.45) is 2.52. The molecule has 0 saturated carbocycles. The van der Waals surface area contributed by atoms with Gasteiger partial charge in [-0.25, -0.2) is 9.78 Å². The molecule has 7 nitrogen and oxygen atoms in total. The summed E-state index contributed by atoms with van der Waals surface area (Å²) in [5, 5.41) is 20.0. The molecule has 0 aliphatic heterocycles. The van der Waals surface area contributed by atoms with Gasteiger partial charge in [0.15, 0.2) is 0 Å². The van der Waals surface area contributed by atoms with Gasteiger partial charge >= 0.3 is 5.97 Å². The van der Waals surface area contributed by atoms with Crippen molar-refractivity contribution in [3.8, 4) is 11.1 Å². The average Bonchev–Trinajstić information content (AvgIpc) is 3.11. The Morgan fingerprint density at radius 3 is 2.31 bits per heavy atom. The molecule has 7 heteroatoms. The minimum atomic E-state index is -1.30. The number of unbranched alkanes of at least 4 members (excludes halogenated alkanes) is 1. The van der Waals surface area contributed by atoms with Gasteiger partial charge in [0, 0.05) is 13.0 Å². The van der Waals surface area contributed by atoms with E-state index >= 15 is 0 Å². The molecule has 168 valence electrons. The third-order valence-corrected chi connectivity index (χ3v) is 5.38. The first-order valence-electron chi connectivity index (χ1n) is 10.7. The number of carbonyl (C=O) groups is 2. The van der Waals surface area contributed by atoms with Crippen molar-refractivity contribution in [2.75, 3.05) is 0 Å². The summed E-state index contributed by atoms with van der Waals surface area (Å²) in [4.78, 5) is 28.4. The highest BCUT2D eigenvalue weighted by atomic mass is 16.4. The predicted octanol–water partition coefficient (Wildman–Crippen LogP) is 3.97. The molecule has 1 aromatic heterocycles. The van der Waals surface area contributed by atoms with Gasteiger partial charge < -0.3 is 20.5 Å². The van der Waals surface area contributed by atoms with Gasteiger partial charge in [0.1, 0.15) is 22.8 Å². The second-order valence-corrected chi connectivity index (χ2v) is 8.39. The van der Waals surface area contributed by atoms with E-state index in [2.05, 4.69) is 11.9 Å². The number of aryl methyl sites for hydroxylation is 1. The minimum Gasteiger partial charge on any atom is -0.478 e. The summed E-state index contributed by atoms with van der Waals surface area (Å²) in [5.41, 5.74) is 7.44. The lowest BCUT2D eigenvalue weighted by atomic mass is 9.98. The van der Waals surface area contributed by atoms with Crippen LogP contribution in [0.2, 0.25) is 0 Å². The van der Waals surface area contributed by atoms with Crippen LogP contribution in [0.4, 0.5) is 0 Å². The standard InChI is InChI=1S/C25H29N3O4/c1-4-5-10-20-27-22(25(2,3)32)21(23(26)29)28(20)15-16-11-13-17(14-12-16)18-8-6-7-9-19(18)24(30)31/h6-9,11-14,32H,4-5,10,15H2,1-3H3,(H2,26,29)(H,30,31). The van der Waals surface area contributed by atoms with Crippen LogP contribution < -0.4 is 5.73 Å². The zero-order valence-electron chi connectivity index (χ0n) is 18.6. The van der Waals surface area contributed by atoms with E-state index in [1.807, 2.05) is 24.3 Å². The number of carboxylic acid groups (broad SMARTS) is 1. The first-order valence-corrected chi connectivity index (χ1v) is 10.7. The van der Waals surface area contributed by atoms with Crippen LogP contribution in [0.5, 0.6) is 0 Å². The molecule has 0 aliphatic rings. The minimum absolute atomic E-state index is 0.212. The van der Waals surface area contributed by atoms with E-state index in [0.717, 1.165) is 24.0 Å². The number of nitrogens with zero attached hydrogens (tertiary/aromatic N) is 2. The lowest BCUT2D eigenvalue weighted by molar-refractivity contribution is 0.0696. The number of rotatable bonds is 9. The average molecular weight is 436 g/mol. The van der Waals surface area contributed by atoms with Crippen molar-refractivity contribution in [2.24, 2.45) is 5.73 Å². The number of aromatic carboxylic acids is 1. The van der Waals surface area contributed by atoms with Crippen molar-refractivity contribution in [1.82, 2.24) is 9.55 Å². The molecule has 0 unspecified atom stereocenters. The van der Waals surface area contributed by atoms with Crippen LogP contribution in [-0.2, 0) is 18.6 Å². The second kappa shape index (κ2) is 9.36. The Morgan fingerprint density at radius 2 is 1.75 bits per heavy atom. The Hall–Kier alpha value is -3.45. The Balaban J connectivity index is 2.01. The molecule has 0 saturated heterocycles. The maximum Gasteiger partial charge on any atom is 0.336 e. The van der Waals surface area contributed by atoms with Crippen molar-refractivity contribution in [2.45, 2.75) is 52.2 Å². The first-order chi connectivity index (χ1) is 15.1. The number of aliphatic hydroxyl groups is 1. The van der Waals surface area contributed by atoms with Crippen molar-refractivity contribution in [3.63, 3.8) is 0 Å². The first kappa shape index (κ1) is 23.2. The van der Waals surface area contributed by atoms with Gasteiger partial charge in [-0.05, 0) is 43.0 Å². The van der Waals surface area contributed by atoms with E-state index in [1.54, 1.807) is 42.7 Å². The van der Waals surface area contributed by atoms with Gasteiger partial charge in [-0.2, -0.15) is 0 Å². The van der Waals surface area contributed by atoms with Crippen LogP contribution in [0.3, 0.4) is 0 Å². The number of aromatic nitrogens is 2. The molecule has 32 heavy (non-hydrogen) atoms. The van der Waals surface area contributed by atoms with E-state index in [4.69, 9.17) is 5.73 Å². The molecular formula is C25H29N3O4. The third-order valence-electron chi connectivity index (χ3n) is 5.38. The Bertz CT molecular complexity index is 1130. The Kier molecular flexibility index (Phi) is 6.79. The van der Waals surface area contributed by atoms with Crippen molar-refractivity contribution in [1.29, 1.82) is 0 Å². The molecule has 0 fully saturated rings. The molecule has 0 radical (unpaired) electrons. The summed E-state index contributed by atoms with van der Waals surface area (Å²) in [6.45, 7) is 5.61. The maximum absolute atomic E-state index is 12.3. The fourth-order valence-corrected chi connectivity index (χ4v) is 3.77. The number of primary amides is 1. The van der Waals surface area contributed by atoms with Crippen molar-refractivity contribution in [3.05, 3.63) is 76.9 Å². The van der Waals surface area contributed by atoms with Gasteiger partial charge in [0.2, 0.25) is 0 Å². The summed E-state index contributed by atoms with van der Waals surface area (Å²) in [7, 11) is 0. The third kappa shape index (κ3) is 4.89. The predicted molar refractivity (Wildman–Crippen MR) is 123 cm³/mol. The van der Waals surface area contributed by atoms with Gasteiger partial charge in [-0.1, -0.05) is 55.8 Å². The van der Waals surface area contributed by atoms with E-state index < -0.39 is 17.5 Å². The number of benzene rings is 2. The summed E-state index contributed by atoms with van der Waals surface area (Å²) >= 11 is 0. The van der Waals surface area contributed by atoms with Crippen molar-refractivity contribution >= 4 is 11.9 Å². The monoisotopic (exact) mass is 435 g/mol. The molecule has 3 rings (SSSR count). The van der Waals surface area contributed by atoms with Crippen molar-refractivity contribution < 1.29 is 19.8 Å². The number of amides is 1. The quantitative estimate of drug-likeness (QED) is 0.470. The van der Waals surface area contributed by atoms with Crippen LogP contribution in [0, 0.1) is 0 Å². The SMILES string of the molecule is CCCCc1nc(C(C)(C)O)c(C(N)=O)n1Cc1ccc(-c2ccccc2C(=O)O)cc1. The number of hydrogen-bond donors (Lipinski definition) is 3. The lowest BCUT2D eigenvalue weighted by Gasteiger charge is -2.17. The smallest absolute Gasteiger partial charge is 0.336 e. The number of hydrogen-bond acceptors (Lipinski definition) is 4. The molecule has 0 spiro atoms. The van der Waals surface area contributed by atoms with Gasteiger partial charge in [-0.3, -0.25) is 4.79 Å². The zero-order chi connectivity index (χ0) is 23.5. The Morgan fingerprint density at radius 1 is 1.09 bits per heavy atom. The second-order valence-electron chi connectivity index (χ2n) is 8.39. The van der Waals surface area contributed by atoms with E-state index in [0.29, 0.717) is 24.4 Å². The highest BCUT2D eigenvalue weighted by molar-refractivity contribution is 5.96. The molecule has 3 aromatic rings. The highest BCUT2D eigenvalue weighted by Crippen LogP contribution is 2.27. The number of imidazole rings is 1. The molecule has 4 N–H and O–H groups in total.